The summed E-state index contributed by atoms with van der Waals surface area (Å²) in [5, 5.41) is 62.0. The van der Waals surface area contributed by atoms with Gasteiger partial charge in [-0.15, -0.1) is 0 Å². The fourth-order valence-electron chi connectivity index (χ4n) is 12.2. The second kappa shape index (κ2) is 30.4. The predicted octanol–water partition coefficient (Wildman–Crippen LogP) is 15.8. The summed E-state index contributed by atoms with van der Waals surface area (Å²) >= 11 is 12.2. The predicted molar refractivity (Wildman–Crippen MR) is 343 cm³/mol. The minimum atomic E-state index is -0.566. The van der Waals surface area contributed by atoms with E-state index in [-0.39, 0.29) is 143 Å². The van der Waals surface area contributed by atoms with Crippen LogP contribution in [-0.2, 0) is 43.2 Å². The SMILES string of the molecule is C/C(=C\Cc1c(O)cc(C)c(C=O)c1O)CC[C@@]1(C)[C@H](C)CCC(=O)[C@@H]1C.CC(/C=C/C1(C)C(C)C=CC(=O)C1C)=C\Cc1c(O)c(Cl)c(C)c(C=O)c1O.CC(=O)OC(C[C@@]1(C)[C@H](C)CCC(=O)[C@@H]1C)/C(C)=C/Cc1c(O)c(Cl)c(C)c(C=O)c1O. The van der Waals surface area contributed by atoms with Gasteiger partial charge in [0.2, 0.25) is 0 Å². The zero-order chi connectivity index (χ0) is 66.0. The van der Waals surface area contributed by atoms with Gasteiger partial charge in [0.05, 0.1) is 26.7 Å². The number of carbonyl (C=O) groups is 7. The first-order valence-electron chi connectivity index (χ1n) is 30.0. The number of aldehydes is 3. The molecule has 16 heteroatoms. The number of aryl methyl sites for hydroxylation is 1. The average molecular weight is 1240 g/mol. The number of ketones is 3. The van der Waals surface area contributed by atoms with Crippen molar-refractivity contribution in [1.29, 1.82) is 0 Å². The lowest BCUT2D eigenvalue weighted by Crippen LogP contribution is -2.44. The topological polar surface area (TPSA) is 250 Å². The van der Waals surface area contributed by atoms with Crippen molar-refractivity contribution in [3.8, 4) is 34.5 Å². The van der Waals surface area contributed by atoms with Gasteiger partial charge in [0.25, 0.3) is 0 Å². The molecule has 3 aliphatic rings. The number of esters is 1. The molecule has 6 N–H and O–H groups in total. The van der Waals surface area contributed by atoms with Crippen LogP contribution in [-0.4, -0.2) is 78.9 Å². The van der Waals surface area contributed by atoms with Crippen molar-refractivity contribution in [1.82, 2.24) is 0 Å². The maximum atomic E-state index is 12.4. The van der Waals surface area contributed by atoms with Crippen LogP contribution in [0.1, 0.15) is 199 Å². The molecule has 0 spiro atoms. The van der Waals surface area contributed by atoms with E-state index in [1.165, 1.54) is 13.0 Å². The van der Waals surface area contributed by atoms with E-state index < -0.39 is 12.1 Å². The zero-order valence-corrected chi connectivity index (χ0v) is 55.2. The third kappa shape index (κ3) is 16.3. The monoisotopic (exact) mass is 1240 g/mol. The number of phenolic OH excluding ortho intramolecular Hbond substituents is 6. The van der Waals surface area contributed by atoms with Gasteiger partial charge in [0.1, 0.15) is 52.2 Å². The molecule has 14 nitrogen and oxygen atoms in total. The Balaban J connectivity index is 0.000000280. The van der Waals surface area contributed by atoms with Crippen molar-refractivity contribution < 1.29 is 68.9 Å². The molecule has 0 aromatic heterocycles. The van der Waals surface area contributed by atoms with Gasteiger partial charge in [0.15, 0.2) is 24.6 Å². The smallest absolute Gasteiger partial charge is 0.303 e. The fourth-order valence-corrected chi connectivity index (χ4v) is 12.7. The lowest BCUT2D eigenvalue weighted by molar-refractivity contribution is -0.148. The summed E-state index contributed by atoms with van der Waals surface area (Å²) in [6, 6.07) is 1.51. The molecule has 0 heterocycles. The Bertz CT molecular complexity index is 3290. The molecule has 2 fully saturated rings. The van der Waals surface area contributed by atoms with Crippen LogP contribution in [0.2, 0.25) is 10.0 Å². The number of carbonyl (C=O) groups excluding carboxylic acids is 7. The molecular formula is C71H92Cl2O14. The van der Waals surface area contributed by atoms with Crippen LogP contribution in [0.4, 0.5) is 0 Å². The van der Waals surface area contributed by atoms with Crippen molar-refractivity contribution in [3.05, 3.63) is 125 Å². The van der Waals surface area contributed by atoms with Crippen LogP contribution >= 0.6 is 23.2 Å². The Kier molecular flexibility index (Phi) is 25.4. The molecule has 0 radical (unpaired) electrons. The second-order valence-corrected chi connectivity index (χ2v) is 26.2. The van der Waals surface area contributed by atoms with Gasteiger partial charge in [-0.05, 0) is 156 Å². The third-order valence-corrected chi connectivity index (χ3v) is 21.3. The number of phenols is 6. The van der Waals surface area contributed by atoms with E-state index in [1.807, 2.05) is 65.0 Å². The van der Waals surface area contributed by atoms with Crippen molar-refractivity contribution >= 4 is 65.4 Å². The number of halogens is 2. The molecular weight excluding hydrogens is 1150 g/mol. The van der Waals surface area contributed by atoms with Gasteiger partial charge >= 0.3 is 5.97 Å². The number of hydrogen-bond donors (Lipinski definition) is 6. The van der Waals surface area contributed by atoms with Crippen LogP contribution in [0.5, 0.6) is 34.5 Å². The molecule has 3 aromatic rings. The molecule has 2 saturated carbocycles. The molecule has 0 amide bonds. The summed E-state index contributed by atoms with van der Waals surface area (Å²) < 4.78 is 5.62. The largest absolute Gasteiger partial charge is 0.508 e. The summed E-state index contributed by atoms with van der Waals surface area (Å²) in [4.78, 5) is 82.3. The quantitative estimate of drug-likeness (QED) is 0.0300. The van der Waals surface area contributed by atoms with E-state index in [0.717, 1.165) is 42.4 Å². The normalized spacial score (nSPS) is 25.5. The number of benzene rings is 3. The Hall–Kier alpha value is -6.77. The molecule has 10 atom stereocenters. The highest BCUT2D eigenvalue weighted by atomic mass is 35.5. The lowest BCUT2D eigenvalue weighted by atomic mass is 9.59. The Morgan fingerprint density at radius 3 is 1.60 bits per heavy atom. The van der Waals surface area contributed by atoms with Crippen molar-refractivity contribution in [2.75, 3.05) is 0 Å². The van der Waals surface area contributed by atoms with E-state index in [2.05, 4.69) is 48.5 Å². The van der Waals surface area contributed by atoms with Crippen LogP contribution in [0, 0.1) is 72.5 Å². The summed E-state index contributed by atoms with van der Waals surface area (Å²) in [6.45, 7) is 30.6. The van der Waals surface area contributed by atoms with Crippen molar-refractivity contribution in [3.63, 3.8) is 0 Å². The van der Waals surface area contributed by atoms with Crippen molar-refractivity contribution in [2.45, 2.75) is 181 Å². The lowest BCUT2D eigenvalue weighted by Gasteiger charge is -2.45. The summed E-state index contributed by atoms with van der Waals surface area (Å²) in [6.07, 6.45) is 20.2. The minimum absolute atomic E-state index is 0.00323. The molecule has 0 bridgehead atoms. The summed E-state index contributed by atoms with van der Waals surface area (Å²) in [5.74, 6) is -0.0983. The highest BCUT2D eigenvalue weighted by Gasteiger charge is 2.46. The van der Waals surface area contributed by atoms with Gasteiger partial charge in [-0.2, -0.15) is 0 Å². The molecule has 87 heavy (non-hydrogen) atoms. The summed E-state index contributed by atoms with van der Waals surface area (Å²) in [7, 11) is 0. The van der Waals surface area contributed by atoms with Gasteiger partial charge in [-0.25, -0.2) is 0 Å². The summed E-state index contributed by atoms with van der Waals surface area (Å²) in [5.41, 5.74) is 4.43. The molecule has 4 unspecified atom stereocenters. The van der Waals surface area contributed by atoms with Gasteiger partial charge < -0.3 is 35.4 Å². The van der Waals surface area contributed by atoms with E-state index >= 15 is 0 Å². The minimum Gasteiger partial charge on any atom is -0.508 e. The van der Waals surface area contributed by atoms with Crippen LogP contribution in [0.15, 0.2) is 65.3 Å². The maximum absolute atomic E-state index is 12.4. The van der Waals surface area contributed by atoms with Crippen LogP contribution in [0.25, 0.3) is 0 Å². The molecule has 3 aliphatic carbocycles. The van der Waals surface area contributed by atoms with Gasteiger partial charge in [-0.1, -0.05) is 133 Å². The standard InChI is InChI=1S/C25H33ClO6.C23H27ClO4.C23H32O4/c1-13(7-9-18-23(30)19(12-27)15(3)22(26)24(18)31)21(32-17(5)28)11-25(6)14(2)8-10-20(29)16(25)4;1-13(10-11-23(5)14(2)7-9-19(26)16(23)4)6-8-17-21(27)18(12-25)15(3)20(24)22(17)28;1-14(10-11-23(5)16(3)7-9-20(25)17(23)4)6-8-18-21(26)12-15(2)19(13-24)22(18)27/h7,12,14,16,21,30-31H,8-11H2,1-6H3;6-7,9-12,14,16,27-28H,8H2,1-5H3;6,12-13,16-17,26-27H,7-11H2,1-5H3/b13-7+;11-10+,13-6+;14-6+/t14-,16+,21?,25+;;16-,17+,23+/m1.1/s1. The Morgan fingerprint density at radius 2 is 1.10 bits per heavy atom. The van der Waals surface area contributed by atoms with E-state index in [0.29, 0.717) is 78.5 Å². The van der Waals surface area contributed by atoms with Crippen LogP contribution < -0.4 is 0 Å². The number of ether oxygens (including phenoxy) is 1. The first kappa shape index (κ1) is 72.7. The molecule has 3 aromatic carbocycles. The highest BCUT2D eigenvalue weighted by Crippen LogP contribution is 2.50. The third-order valence-electron chi connectivity index (χ3n) is 20.4. The Labute approximate surface area is 524 Å². The highest BCUT2D eigenvalue weighted by molar-refractivity contribution is 6.34. The van der Waals surface area contributed by atoms with E-state index in [9.17, 15) is 64.2 Å². The van der Waals surface area contributed by atoms with Crippen LogP contribution in [0.3, 0.4) is 0 Å². The van der Waals surface area contributed by atoms with Crippen molar-refractivity contribution in [2.24, 2.45) is 51.8 Å². The zero-order valence-electron chi connectivity index (χ0n) is 53.7. The first-order chi connectivity index (χ1) is 40.5. The average Bonchev–Trinajstić information content (AvgIpc) is 1.53. The molecule has 474 valence electrons. The number of aromatic hydroxyl groups is 6. The first-order valence-corrected chi connectivity index (χ1v) is 30.7. The second-order valence-electron chi connectivity index (χ2n) is 25.5. The number of hydrogen-bond acceptors (Lipinski definition) is 14. The van der Waals surface area contributed by atoms with Gasteiger partial charge in [0, 0.05) is 59.6 Å². The fraction of sp³-hybridized carbons (Fsp3) is 0.507. The number of allylic oxidation sites excluding steroid dienone is 9. The molecule has 0 aliphatic heterocycles. The van der Waals surface area contributed by atoms with E-state index in [4.69, 9.17) is 27.9 Å². The Morgan fingerprint density at radius 1 is 0.644 bits per heavy atom. The van der Waals surface area contributed by atoms with E-state index in [1.54, 1.807) is 32.9 Å². The molecule has 6 rings (SSSR count). The van der Waals surface area contributed by atoms with Gasteiger partial charge in [-0.3, -0.25) is 33.6 Å². The molecule has 0 saturated heterocycles. The number of Topliss-reactive ketones (excluding diaryl/α,β-unsaturated/α-hetero) is 2. The maximum Gasteiger partial charge on any atom is 0.303 e. The number of rotatable bonds is 18.